The zero-order valence-corrected chi connectivity index (χ0v) is 10.6. The van der Waals surface area contributed by atoms with Crippen molar-refractivity contribution in [1.82, 2.24) is 0 Å². The maximum Gasteiger partial charge on any atom is 0.331 e. The molecule has 0 atom stereocenters. The maximum absolute atomic E-state index is 5.73. The first kappa shape index (κ1) is 13.1. The Labute approximate surface area is 83.9 Å². The number of rotatable bonds is 8. The Bertz CT molecular complexity index is 103. The van der Waals surface area contributed by atoms with E-state index < -0.39 is 8.56 Å². The topological polar surface area (TPSA) is 18.5 Å². The van der Waals surface area contributed by atoms with Gasteiger partial charge in [-0.3, -0.25) is 0 Å². The van der Waals surface area contributed by atoms with Crippen LogP contribution in [0.5, 0.6) is 0 Å². The predicted molar refractivity (Wildman–Crippen MR) is 59.2 cm³/mol. The highest BCUT2D eigenvalue weighted by molar-refractivity contribution is 6.64. The summed E-state index contributed by atoms with van der Waals surface area (Å²) in [5.41, 5.74) is 0. The molecule has 0 spiro atoms. The summed E-state index contributed by atoms with van der Waals surface area (Å²) in [7, 11) is -1.78. The van der Waals surface area contributed by atoms with Gasteiger partial charge in [-0.2, -0.15) is 0 Å². The zero-order valence-electron chi connectivity index (χ0n) is 9.56. The Morgan fingerprint density at radius 3 is 1.54 bits per heavy atom. The number of unbranched alkanes of at least 4 members (excludes halogenated alkanes) is 2. The molecule has 3 heteroatoms. The first-order chi connectivity index (χ1) is 6.12. The lowest BCUT2D eigenvalue weighted by Gasteiger charge is -2.22. The van der Waals surface area contributed by atoms with E-state index in [1.54, 1.807) is 0 Å². The third-order valence-corrected chi connectivity index (χ3v) is 3.69. The summed E-state index contributed by atoms with van der Waals surface area (Å²) >= 11 is 0. The molecular formula is C10H24O2Si. The fraction of sp³-hybridized carbons (Fsp3) is 1.00. The second-order valence-corrected chi connectivity index (χ2v) is 7.18. The molecule has 0 aromatic heterocycles. The van der Waals surface area contributed by atoms with Crippen molar-refractivity contribution in [3.63, 3.8) is 0 Å². The lowest BCUT2D eigenvalue weighted by molar-refractivity contribution is 0.175. The van der Waals surface area contributed by atoms with Gasteiger partial charge in [-0.25, -0.2) is 0 Å². The smallest absolute Gasteiger partial charge is 0.331 e. The first-order valence-electron chi connectivity index (χ1n) is 5.40. The minimum absolute atomic E-state index is 0.863. The van der Waals surface area contributed by atoms with Gasteiger partial charge in [0.15, 0.2) is 0 Å². The Morgan fingerprint density at radius 2 is 1.23 bits per heavy atom. The van der Waals surface area contributed by atoms with Crippen molar-refractivity contribution in [2.24, 2.45) is 0 Å². The maximum atomic E-state index is 5.73. The molecule has 0 saturated carbocycles. The van der Waals surface area contributed by atoms with E-state index in [2.05, 4.69) is 26.9 Å². The second-order valence-electron chi connectivity index (χ2n) is 3.80. The van der Waals surface area contributed by atoms with Gasteiger partial charge in [0, 0.05) is 13.2 Å². The molecule has 0 aromatic carbocycles. The monoisotopic (exact) mass is 204 g/mol. The van der Waals surface area contributed by atoms with Gasteiger partial charge in [0.1, 0.15) is 0 Å². The predicted octanol–water partition coefficient (Wildman–Crippen LogP) is 3.32. The Hall–Kier alpha value is 0.137. The van der Waals surface area contributed by atoms with Crippen LogP contribution in [0.1, 0.15) is 39.5 Å². The molecule has 0 amide bonds. The van der Waals surface area contributed by atoms with Crippen molar-refractivity contribution in [3.8, 4) is 0 Å². The van der Waals surface area contributed by atoms with E-state index in [9.17, 15) is 0 Å². The molecule has 0 rings (SSSR count). The third kappa shape index (κ3) is 8.47. The van der Waals surface area contributed by atoms with Crippen LogP contribution in [0.15, 0.2) is 0 Å². The standard InChI is InChI=1S/C10H24O2Si/c1-5-7-9-11-13(3,4)12-10-8-6-2/h5-10H2,1-4H3. The highest BCUT2D eigenvalue weighted by Gasteiger charge is 2.23. The summed E-state index contributed by atoms with van der Waals surface area (Å²) < 4.78 is 11.5. The van der Waals surface area contributed by atoms with Crippen LogP contribution in [0.4, 0.5) is 0 Å². The van der Waals surface area contributed by atoms with Crippen LogP contribution in [-0.4, -0.2) is 21.8 Å². The van der Waals surface area contributed by atoms with E-state index in [-0.39, 0.29) is 0 Å². The van der Waals surface area contributed by atoms with Gasteiger partial charge in [0.2, 0.25) is 0 Å². The van der Waals surface area contributed by atoms with E-state index in [0.29, 0.717) is 0 Å². The van der Waals surface area contributed by atoms with Gasteiger partial charge in [-0.15, -0.1) is 0 Å². The number of hydrogen-bond acceptors (Lipinski definition) is 2. The molecule has 0 aliphatic carbocycles. The molecule has 13 heavy (non-hydrogen) atoms. The van der Waals surface area contributed by atoms with Crippen LogP contribution in [0, 0.1) is 0 Å². The fourth-order valence-electron chi connectivity index (χ4n) is 0.966. The van der Waals surface area contributed by atoms with Gasteiger partial charge in [0.25, 0.3) is 0 Å². The summed E-state index contributed by atoms with van der Waals surface area (Å²) in [5.74, 6) is 0. The highest BCUT2D eigenvalue weighted by Crippen LogP contribution is 2.08. The van der Waals surface area contributed by atoms with Crippen molar-refractivity contribution in [2.75, 3.05) is 13.2 Å². The summed E-state index contributed by atoms with van der Waals surface area (Å²) in [6.45, 7) is 10.3. The van der Waals surface area contributed by atoms with Crippen LogP contribution in [0.25, 0.3) is 0 Å². The first-order valence-corrected chi connectivity index (χ1v) is 8.22. The lowest BCUT2D eigenvalue weighted by atomic mass is 10.4. The molecule has 0 aliphatic rings. The quantitative estimate of drug-likeness (QED) is 0.446. The van der Waals surface area contributed by atoms with Crippen LogP contribution < -0.4 is 0 Å². The molecule has 0 radical (unpaired) electrons. The zero-order chi connectivity index (χ0) is 10.2. The van der Waals surface area contributed by atoms with Crippen LogP contribution in [-0.2, 0) is 8.85 Å². The fourth-order valence-corrected chi connectivity index (χ4v) is 2.32. The molecule has 0 unspecified atom stereocenters. The van der Waals surface area contributed by atoms with Gasteiger partial charge < -0.3 is 8.85 Å². The lowest BCUT2D eigenvalue weighted by Crippen LogP contribution is -2.35. The normalized spacial score (nSPS) is 12.0. The average Bonchev–Trinajstić information content (AvgIpc) is 2.05. The molecule has 0 fully saturated rings. The van der Waals surface area contributed by atoms with Crippen molar-refractivity contribution >= 4 is 8.56 Å². The summed E-state index contributed by atoms with van der Waals surface area (Å²) in [5, 5.41) is 0. The van der Waals surface area contributed by atoms with E-state index in [4.69, 9.17) is 8.85 Å². The van der Waals surface area contributed by atoms with Crippen LogP contribution in [0.3, 0.4) is 0 Å². The van der Waals surface area contributed by atoms with E-state index in [1.165, 1.54) is 12.8 Å². The largest absolute Gasteiger partial charge is 0.395 e. The molecule has 0 heterocycles. The van der Waals surface area contributed by atoms with Crippen LogP contribution in [0.2, 0.25) is 13.1 Å². The summed E-state index contributed by atoms with van der Waals surface area (Å²) in [6.07, 6.45) is 4.68. The van der Waals surface area contributed by atoms with E-state index >= 15 is 0 Å². The van der Waals surface area contributed by atoms with E-state index in [0.717, 1.165) is 26.1 Å². The van der Waals surface area contributed by atoms with Crippen molar-refractivity contribution in [1.29, 1.82) is 0 Å². The minimum atomic E-state index is -1.78. The molecule has 0 aliphatic heterocycles. The van der Waals surface area contributed by atoms with Crippen LogP contribution >= 0.6 is 0 Å². The molecule has 0 N–H and O–H groups in total. The Morgan fingerprint density at radius 1 is 0.846 bits per heavy atom. The van der Waals surface area contributed by atoms with Gasteiger partial charge in [-0.05, 0) is 25.9 Å². The van der Waals surface area contributed by atoms with E-state index in [1.807, 2.05) is 0 Å². The van der Waals surface area contributed by atoms with Gasteiger partial charge in [0.05, 0.1) is 0 Å². The Kier molecular flexibility index (Phi) is 7.61. The molecule has 0 bridgehead atoms. The molecular weight excluding hydrogens is 180 g/mol. The molecule has 0 aromatic rings. The Balaban J connectivity index is 3.42. The SMILES string of the molecule is CCCCO[Si](C)(C)OCCCC. The van der Waals surface area contributed by atoms with Crippen molar-refractivity contribution in [2.45, 2.75) is 52.6 Å². The highest BCUT2D eigenvalue weighted by atomic mass is 28.4. The summed E-state index contributed by atoms with van der Waals surface area (Å²) in [6, 6.07) is 0. The van der Waals surface area contributed by atoms with Gasteiger partial charge in [-0.1, -0.05) is 26.7 Å². The van der Waals surface area contributed by atoms with Crippen molar-refractivity contribution in [3.05, 3.63) is 0 Å². The molecule has 2 nitrogen and oxygen atoms in total. The van der Waals surface area contributed by atoms with Crippen molar-refractivity contribution < 1.29 is 8.85 Å². The average molecular weight is 204 g/mol. The number of hydrogen-bond donors (Lipinski definition) is 0. The van der Waals surface area contributed by atoms with Gasteiger partial charge >= 0.3 is 8.56 Å². The second kappa shape index (κ2) is 7.53. The third-order valence-electron chi connectivity index (χ3n) is 1.90. The minimum Gasteiger partial charge on any atom is -0.395 e. The summed E-state index contributed by atoms with van der Waals surface area (Å²) in [4.78, 5) is 0. The molecule has 80 valence electrons. The molecule has 0 saturated heterocycles.